The molecule has 4 rings (SSSR count). The second-order valence-corrected chi connectivity index (χ2v) is 7.08. The third-order valence-electron chi connectivity index (χ3n) is 5.40. The number of hydrogen-bond donors (Lipinski definition) is 0. The molecule has 3 heterocycles. The highest BCUT2D eigenvalue weighted by Gasteiger charge is 2.21. The average molecular weight is 327 g/mol. The van der Waals surface area contributed by atoms with Crippen LogP contribution in [0.2, 0.25) is 0 Å². The average Bonchev–Trinajstić information content (AvgIpc) is 3.26. The summed E-state index contributed by atoms with van der Waals surface area (Å²) < 4.78 is 3.84. The number of fused-ring (bicyclic) bond motifs is 1. The number of rotatable bonds is 5. The lowest BCUT2D eigenvalue weighted by molar-refractivity contribution is 0.165. The first kappa shape index (κ1) is 15.6. The molecule has 1 saturated heterocycles. The SMILES string of the molecule is O=c1cc2c(nn1CC1CCN(CCn3ccnc3)CC1)CCC2. The first-order chi connectivity index (χ1) is 11.8. The van der Waals surface area contributed by atoms with Crippen LogP contribution >= 0.6 is 0 Å². The van der Waals surface area contributed by atoms with Gasteiger partial charge in [-0.15, -0.1) is 0 Å². The molecule has 24 heavy (non-hydrogen) atoms. The number of piperidine rings is 1. The molecule has 0 spiro atoms. The number of likely N-dealkylation sites (tertiary alicyclic amines) is 1. The van der Waals surface area contributed by atoms with Crippen molar-refractivity contribution in [1.29, 1.82) is 0 Å². The first-order valence-electron chi connectivity index (χ1n) is 9.06. The molecule has 1 aliphatic heterocycles. The third kappa shape index (κ3) is 3.43. The summed E-state index contributed by atoms with van der Waals surface area (Å²) in [6.45, 7) is 5.07. The molecule has 0 atom stereocenters. The Morgan fingerprint density at radius 1 is 1.17 bits per heavy atom. The number of aryl methyl sites for hydroxylation is 2. The summed E-state index contributed by atoms with van der Waals surface area (Å²) in [5.41, 5.74) is 2.40. The Hall–Kier alpha value is -1.95. The van der Waals surface area contributed by atoms with E-state index in [-0.39, 0.29) is 5.56 Å². The molecule has 0 amide bonds. The van der Waals surface area contributed by atoms with Crippen molar-refractivity contribution in [1.82, 2.24) is 24.2 Å². The second kappa shape index (κ2) is 6.89. The third-order valence-corrected chi connectivity index (χ3v) is 5.40. The maximum absolute atomic E-state index is 12.2. The fourth-order valence-corrected chi connectivity index (χ4v) is 3.88. The summed E-state index contributed by atoms with van der Waals surface area (Å²) in [5.74, 6) is 0.569. The fraction of sp³-hybridized carbons (Fsp3) is 0.611. The highest BCUT2D eigenvalue weighted by molar-refractivity contribution is 5.22. The molecule has 0 radical (unpaired) electrons. The molecule has 1 fully saturated rings. The van der Waals surface area contributed by atoms with Gasteiger partial charge in [0.05, 0.1) is 12.0 Å². The van der Waals surface area contributed by atoms with E-state index in [1.807, 2.05) is 24.8 Å². The van der Waals surface area contributed by atoms with Crippen LogP contribution < -0.4 is 5.56 Å². The van der Waals surface area contributed by atoms with Crippen molar-refractivity contribution in [3.63, 3.8) is 0 Å². The van der Waals surface area contributed by atoms with Gasteiger partial charge in [0.1, 0.15) is 0 Å². The van der Waals surface area contributed by atoms with Crippen molar-refractivity contribution in [2.45, 2.75) is 45.2 Å². The van der Waals surface area contributed by atoms with Crippen LogP contribution in [-0.4, -0.2) is 43.9 Å². The van der Waals surface area contributed by atoms with Gasteiger partial charge in [-0.1, -0.05) is 0 Å². The van der Waals surface area contributed by atoms with E-state index in [2.05, 4.69) is 19.5 Å². The van der Waals surface area contributed by atoms with Gasteiger partial charge in [-0.3, -0.25) is 4.79 Å². The van der Waals surface area contributed by atoms with E-state index >= 15 is 0 Å². The van der Waals surface area contributed by atoms with Gasteiger partial charge < -0.3 is 9.47 Å². The van der Waals surface area contributed by atoms with Crippen LogP contribution in [0.4, 0.5) is 0 Å². The van der Waals surface area contributed by atoms with Crippen LogP contribution in [0, 0.1) is 5.92 Å². The summed E-state index contributed by atoms with van der Waals surface area (Å²) in [6, 6.07) is 1.82. The van der Waals surface area contributed by atoms with Crippen molar-refractivity contribution in [2.24, 2.45) is 5.92 Å². The molecule has 2 aromatic rings. The molecule has 0 saturated carbocycles. The van der Waals surface area contributed by atoms with Crippen molar-refractivity contribution < 1.29 is 0 Å². The van der Waals surface area contributed by atoms with Gasteiger partial charge >= 0.3 is 0 Å². The standard InChI is InChI=1S/C18H25N5O/c24-18-12-16-2-1-3-17(16)20-23(18)13-15-4-7-21(8-5-15)10-11-22-9-6-19-14-22/h6,9,12,14-15H,1-5,7-8,10-11,13H2. The summed E-state index contributed by atoms with van der Waals surface area (Å²) in [5, 5.41) is 4.62. The lowest BCUT2D eigenvalue weighted by atomic mass is 9.97. The van der Waals surface area contributed by atoms with Gasteiger partial charge in [-0.25, -0.2) is 9.67 Å². The minimum atomic E-state index is 0.0817. The van der Waals surface area contributed by atoms with Crippen LogP contribution in [0.15, 0.2) is 29.6 Å². The summed E-state index contributed by atoms with van der Waals surface area (Å²) in [7, 11) is 0. The van der Waals surface area contributed by atoms with Crippen LogP contribution in [0.5, 0.6) is 0 Å². The number of imidazole rings is 1. The molecule has 6 heteroatoms. The Labute approximate surface area is 142 Å². The summed E-state index contributed by atoms with van der Waals surface area (Å²) in [6.07, 6.45) is 11.2. The normalized spacial score (nSPS) is 18.8. The van der Waals surface area contributed by atoms with Gasteiger partial charge in [0.25, 0.3) is 5.56 Å². The van der Waals surface area contributed by atoms with Crippen LogP contribution in [0.1, 0.15) is 30.5 Å². The predicted octanol–water partition coefficient (Wildman–Crippen LogP) is 1.34. The Morgan fingerprint density at radius 2 is 2.04 bits per heavy atom. The van der Waals surface area contributed by atoms with Gasteiger partial charge in [0.2, 0.25) is 0 Å². The van der Waals surface area contributed by atoms with E-state index in [0.717, 1.165) is 70.5 Å². The molecular weight excluding hydrogens is 302 g/mol. The van der Waals surface area contributed by atoms with Crippen LogP contribution in [0.3, 0.4) is 0 Å². The molecule has 2 aliphatic rings. The van der Waals surface area contributed by atoms with E-state index in [1.165, 1.54) is 5.56 Å². The minimum absolute atomic E-state index is 0.0817. The number of hydrogen-bond acceptors (Lipinski definition) is 4. The highest BCUT2D eigenvalue weighted by atomic mass is 16.1. The number of aromatic nitrogens is 4. The topological polar surface area (TPSA) is 56.0 Å². The molecule has 2 aromatic heterocycles. The Kier molecular flexibility index (Phi) is 4.47. The van der Waals surface area contributed by atoms with E-state index in [9.17, 15) is 4.79 Å². The second-order valence-electron chi connectivity index (χ2n) is 7.08. The van der Waals surface area contributed by atoms with E-state index < -0.39 is 0 Å². The largest absolute Gasteiger partial charge is 0.336 e. The van der Waals surface area contributed by atoms with E-state index in [1.54, 1.807) is 4.68 Å². The zero-order valence-corrected chi connectivity index (χ0v) is 14.1. The molecule has 0 aromatic carbocycles. The van der Waals surface area contributed by atoms with Gasteiger partial charge in [0.15, 0.2) is 0 Å². The van der Waals surface area contributed by atoms with Gasteiger partial charge in [-0.05, 0) is 56.7 Å². The molecule has 6 nitrogen and oxygen atoms in total. The Balaban J connectivity index is 1.29. The van der Waals surface area contributed by atoms with Gasteiger partial charge in [-0.2, -0.15) is 5.10 Å². The summed E-state index contributed by atoms with van der Waals surface area (Å²) in [4.78, 5) is 18.8. The Bertz CT molecular complexity index is 728. The molecule has 0 N–H and O–H groups in total. The van der Waals surface area contributed by atoms with Crippen molar-refractivity contribution >= 4 is 0 Å². The molecule has 0 bridgehead atoms. The van der Waals surface area contributed by atoms with Crippen molar-refractivity contribution in [2.75, 3.05) is 19.6 Å². The lowest BCUT2D eigenvalue weighted by Gasteiger charge is -2.32. The van der Waals surface area contributed by atoms with E-state index in [4.69, 9.17) is 0 Å². The molecular formula is C18H25N5O. The predicted molar refractivity (Wildman–Crippen MR) is 91.9 cm³/mol. The maximum atomic E-state index is 12.2. The first-order valence-corrected chi connectivity index (χ1v) is 9.06. The molecule has 1 aliphatic carbocycles. The van der Waals surface area contributed by atoms with Crippen LogP contribution in [0.25, 0.3) is 0 Å². The highest BCUT2D eigenvalue weighted by Crippen LogP contribution is 2.20. The summed E-state index contributed by atoms with van der Waals surface area (Å²) >= 11 is 0. The van der Waals surface area contributed by atoms with Crippen molar-refractivity contribution in [3.8, 4) is 0 Å². The zero-order valence-electron chi connectivity index (χ0n) is 14.1. The maximum Gasteiger partial charge on any atom is 0.267 e. The zero-order chi connectivity index (χ0) is 16.4. The lowest BCUT2D eigenvalue weighted by Crippen LogP contribution is -2.38. The number of nitrogens with zero attached hydrogens (tertiary/aromatic N) is 5. The minimum Gasteiger partial charge on any atom is -0.336 e. The van der Waals surface area contributed by atoms with Gasteiger partial charge in [0, 0.05) is 38.1 Å². The smallest absolute Gasteiger partial charge is 0.267 e. The quantitative estimate of drug-likeness (QED) is 0.832. The fourth-order valence-electron chi connectivity index (χ4n) is 3.88. The molecule has 128 valence electrons. The van der Waals surface area contributed by atoms with Crippen LogP contribution in [-0.2, 0) is 25.9 Å². The van der Waals surface area contributed by atoms with Crippen molar-refractivity contribution in [3.05, 3.63) is 46.4 Å². The van der Waals surface area contributed by atoms with E-state index in [0.29, 0.717) is 5.92 Å². The Morgan fingerprint density at radius 3 is 2.83 bits per heavy atom. The molecule has 0 unspecified atom stereocenters. The monoisotopic (exact) mass is 327 g/mol.